The van der Waals surface area contributed by atoms with Gasteiger partial charge in [-0.05, 0) is 26.0 Å². The van der Waals surface area contributed by atoms with Crippen molar-refractivity contribution in [2.24, 2.45) is 5.73 Å². The molecule has 0 aliphatic heterocycles. The Balaban J connectivity index is 3.23. The number of amides is 1. The van der Waals surface area contributed by atoms with Crippen LogP contribution in [0.15, 0.2) is 18.2 Å². The molecule has 0 aromatic heterocycles. The van der Waals surface area contributed by atoms with Crippen LogP contribution < -0.4 is 5.73 Å². The molecule has 0 bridgehead atoms. The van der Waals surface area contributed by atoms with E-state index in [1.54, 1.807) is 13.8 Å². The normalized spacial score (nSPS) is 11.8. The number of nitrogens with zero attached hydrogens (tertiary/aromatic N) is 1. The van der Waals surface area contributed by atoms with Gasteiger partial charge in [-0.15, -0.1) is 0 Å². The Bertz CT molecular complexity index is 486. The van der Waals surface area contributed by atoms with Crippen LogP contribution in [0.3, 0.4) is 0 Å². The highest BCUT2D eigenvalue weighted by molar-refractivity contribution is 5.95. The van der Waals surface area contributed by atoms with E-state index < -0.39 is 29.0 Å². The van der Waals surface area contributed by atoms with Crippen molar-refractivity contribution < 1.29 is 22.4 Å². The Kier molecular flexibility index (Phi) is 5.10. The van der Waals surface area contributed by atoms with Gasteiger partial charge in [0.05, 0.1) is 11.1 Å². The second-order valence-corrected chi connectivity index (χ2v) is 4.55. The fourth-order valence-corrected chi connectivity index (χ4v) is 1.80. The number of halogens is 4. The number of carbonyl (C=O) groups is 1. The maximum Gasteiger partial charge on any atom is 0.419 e. The van der Waals surface area contributed by atoms with Gasteiger partial charge in [0.2, 0.25) is 0 Å². The molecule has 0 radical (unpaired) electrons. The van der Waals surface area contributed by atoms with Crippen LogP contribution in [0.25, 0.3) is 0 Å². The lowest BCUT2D eigenvalue weighted by Crippen LogP contribution is -2.40. The van der Waals surface area contributed by atoms with Gasteiger partial charge >= 0.3 is 6.18 Å². The number of benzene rings is 1. The van der Waals surface area contributed by atoms with Crippen molar-refractivity contribution in [3.8, 4) is 0 Å². The van der Waals surface area contributed by atoms with Crippen molar-refractivity contribution in [2.75, 3.05) is 13.1 Å². The van der Waals surface area contributed by atoms with Crippen LogP contribution in [0.2, 0.25) is 0 Å². The highest BCUT2D eigenvalue weighted by Gasteiger charge is 2.36. The first-order valence-electron chi connectivity index (χ1n) is 6.07. The number of hydrogen-bond donors (Lipinski definition) is 1. The SMILES string of the molecule is CC(C)N(CCN)C(=O)c1cccc(C(F)(F)F)c1F. The summed E-state index contributed by atoms with van der Waals surface area (Å²) in [5.41, 5.74) is 3.31. The molecule has 0 saturated heterocycles. The van der Waals surface area contributed by atoms with Crippen LogP contribution in [0.5, 0.6) is 0 Å². The summed E-state index contributed by atoms with van der Waals surface area (Å²) in [6, 6.07) is 2.37. The van der Waals surface area contributed by atoms with E-state index in [1.165, 1.54) is 4.90 Å². The summed E-state index contributed by atoms with van der Waals surface area (Å²) in [6.07, 6.45) is -4.84. The third kappa shape index (κ3) is 3.47. The third-order valence-electron chi connectivity index (χ3n) is 2.79. The zero-order valence-corrected chi connectivity index (χ0v) is 11.2. The lowest BCUT2D eigenvalue weighted by molar-refractivity contribution is -0.140. The minimum atomic E-state index is -4.84. The van der Waals surface area contributed by atoms with Crippen molar-refractivity contribution >= 4 is 5.91 Å². The van der Waals surface area contributed by atoms with Crippen molar-refractivity contribution in [2.45, 2.75) is 26.1 Å². The van der Waals surface area contributed by atoms with Crippen LogP contribution in [0.1, 0.15) is 29.8 Å². The molecule has 112 valence electrons. The molecule has 0 heterocycles. The average Bonchev–Trinajstić information content (AvgIpc) is 2.33. The zero-order chi connectivity index (χ0) is 15.5. The number of carbonyl (C=O) groups excluding carboxylic acids is 1. The molecule has 2 N–H and O–H groups in total. The molecule has 1 amide bonds. The largest absolute Gasteiger partial charge is 0.419 e. The molecule has 0 aliphatic carbocycles. The van der Waals surface area contributed by atoms with Crippen molar-refractivity contribution in [3.63, 3.8) is 0 Å². The third-order valence-corrected chi connectivity index (χ3v) is 2.79. The summed E-state index contributed by atoms with van der Waals surface area (Å²) in [7, 11) is 0. The first kappa shape index (κ1) is 16.4. The molecule has 1 aromatic rings. The van der Waals surface area contributed by atoms with E-state index in [9.17, 15) is 22.4 Å². The van der Waals surface area contributed by atoms with E-state index in [0.29, 0.717) is 6.07 Å². The predicted molar refractivity (Wildman–Crippen MR) is 66.6 cm³/mol. The monoisotopic (exact) mass is 292 g/mol. The first-order valence-corrected chi connectivity index (χ1v) is 6.07. The van der Waals surface area contributed by atoms with E-state index in [2.05, 4.69) is 0 Å². The summed E-state index contributed by atoms with van der Waals surface area (Å²) in [5, 5.41) is 0. The lowest BCUT2D eigenvalue weighted by atomic mass is 10.1. The number of rotatable bonds is 4. The summed E-state index contributed by atoms with van der Waals surface area (Å²) in [6.45, 7) is 3.65. The zero-order valence-electron chi connectivity index (χ0n) is 11.2. The van der Waals surface area contributed by atoms with Crippen molar-refractivity contribution in [1.29, 1.82) is 0 Å². The molecule has 1 aromatic carbocycles. The second-order valence-electron chi connectivity index (χ2n) is 4.55. The van der Waals surface area contributed by atoms with E-state index in [-0.39, 0.29) is 19.1 Å². The number of alkyl halides is 3. The average molecular weight is 292 g/mol. The molecular formula is C13H16F4N2O. The second kappa shape index (κ2) is 6.21. The van der Waals surface area contributed by atoms with Gasteiger partial charge in [-0.2, -0.15) is 13.2 Å². The van der Waals surface area contributed by atoms with Crippen LogP contribution in [0, 0.1) is 5.82 Å². The maximum atomic E-state index is 13.9. The highest BCUT2D eigenvalue weighted by atomic mass is 19.4. The van der Waals surface area contributed by atoms with Gasteiger partial charge in [0.25, 0.3) is 5.91 Å². The summed E-state index contributed by atoms with van der Waals surface area (Å²) < 4.78 is 51.7. The quantitative estimate of drug-likeness (QED) is 0.867. The first-order chi connectivity index (χ1) is 9.20. The molecule has 20 heavy (non-hydrogen) atoms. The molecule has 1 rings (SSSR count). The van der Waals surface area contributed by atoms with Gasteiger partial charge < -0.3 is 10.6 Å². The van der Waals surface area contributed by atoms with Gasteiger partial charge in [0.1, 0.15) is 5.82 Å². The van der Waals surface area contributed by atoms with Gasteiger partial charge in [0.15, 0.2) is 0 Å². The summed E-state index contributed by atoms with van der Waals surface area (Å²) in [5.74, 6) is -2.35. The summed E-state index contributed by atoms with van der Waals surface area (Å²) in [4.78, 5) is 13.4. The Labute approximate surface area is 114 Å². The molecule has 0 saturated carbocycles. The molecule has 7 heteroatoms. The molecule has 3 nitrogen and oxygen atoms in total. The topological polar surface area (TPSA) is 46.3 Å². The lowest BCUT2D eigenvalue weighted by Gasteiger charge is -2.26. The molecule has 0 fully saturated rings. The molecule has 0 aliphatic rings. The van der Waals surface area contributed by atoms with Crippen molar-refractivity contribution in [3.05, 3.63) is 35.1 Å². The van der Waals surface area contributed by atoms with Crippen LogP contribution in [-0.2, 0) is 6.18 Å². The number of hydrogen-bond acceptors (Lipinski definition) is 2. The molecule has 0 unspecified atom stereocenters. The minimum Gasteiger partial charge on any atom is -0.335 e. The van der Waals surface area contributed by atoms with E-state index in [1.807, 2.05) is 0 Å². The summed E-state index contributed by atoms with van der Waals surface area (Å²) >= 11 is 0. The smallest absolute Gasteiger partial charge is 0.335 e. The van der Waals surface area contributed by atoms with Gasteiger partial charge in [-0.3, -0.25) is 4.79 Å². The highest BCUT2D eigenvalue weighted by Crippen LogP contribution is 2.32. The van der Waals surface area contributed by atoms with E-state index in [4.69, 9.17) is 5.73 Å². The van der Waals surface area contributed by atoms with Gasteiger partial charge in [0, 0.05) is 19.1 Å². The number of nitrogens with two attached hydrogens (primary N) is 1. The van der Waals surface area contributed by atoms with Gasteiger partial charge in [-0.25, -0.2) is 4.39 Å². The maximum absolute atomic E-state index is 13.9. The van der Waals surface area contributed by atoms with Crippen LogP contribution in [-0.4, -0.2) is 29.9 Å². The predicted octanol–water partition coefficient (Wildman–Crippen LogP) is 2.65. The van der Waals surface area contributed by atoms with E-state index in [0.717, 1.165) is 12.1 Å². The molecular weight excluding hydrogens is 276 g/mol. The Morgan fingerprint density at radius 2 is 1.95 bits per heavy atom. The standard InChI is InChI=1S/C13H16F4N2O/c1-8(2)19(7-6-18)12(20)9-4-3-5-10(11(9)14)13(15,16)17/h3-5,8H,6-7,18H2,1-2H3. The Morgan fingerprint density at radius 1 is 1.35 bits per heavy atom. The van der Waals surface area contributed by atoms with Crippen LogP contribution >= 0.6 is 0 Å². The van der Waals surface area contributed by atoms with E-state index >= 15 is 0 Å². The Hall–Kier alpha value is -1.63. The molecule has 0 spiro atoms. The fraction of sp³-hybridized carbons (Fsp3) is 0.462. The van der Waals surface area contributed by atoms with Gasteiger partial charge in [-0.1, -0.05) is 6.07 Å². The van der Waals surface area contributed by atoms with Crippen molar-refractivity contribution in [1.82, 2.24) is 4.90 Å². The minimum absolute atomic E-state index is 0.143. The van der Waals surface area contributed by atoms with Crippen LogP contribution in [0.4, 0.5) is 17.6 Å². The Morgan fingerprint density at radius 3 is 2.40 bits per heavy atom. The fourth-order valence-electron chi connectivity index (χ4n) is 1.80. The molecule has 0 atom stereocenters.